The molecule has 0 bridgehead atoms. The molecule has 3 aromatic rings. The zero-order chi connectivity index (χ0) is 19.5. The van der Waals surface area contributed by atoms with Crippen LogP contribution >= 0.6 is 0 Å². The lowest BCUT2D eigenvalue weighted by atomic mass is 9.83. The van der Waals surface area contributed by atoms with Gasteiger partial charge >= 0.3 is 0 Å². The minimum Gasteiger partial charge on any atom is -0.348 e. The van der Waals surface area contributed by atoms with Gasteiger partial charge in [-0.3, -0.25) is 9.59 Å². The number of fused-ring (bicyclic) bond motifs is 1. The van der Waals surface area contributed by atoms with E-state index in [1.807, 2.05) is 25.1 Å². The predicted octanol–water partition coefficient (Wildman–Crippen LogP) is 4.09. The number of rotatable bonds is 4. The number of carbonyl (C=O) groups is 2. The number of ketones is 1. The van der Waals surface area contributed by atoms with Gasteiger partial charge in [0.25, 0.3) is 5.91 Å². The van der Waals surface area contributed by atoms with Gasteiger partial charge in [-0.05, 0) is 55.0 Å². The molecule has 0 radical (unpaired) electrons. The molecule has 1 aliphatic rings. The SMILES string of the molecule is Cc1nc2ncccc2cc1C(=O)NCc1ccc(C2CCC(=O)CC2)cc1. The summed E-state index contributed by atoms with van der Waals surface area (Å²) in [6, 6.07) is 13.9. The van der Waals surface area contributed by atoms with Gasteiger partial charge in [-0.15, -0.1) is 0 Å². The first kappa shape index (κ1) is 18.3. The lowest BCUT2D eigenvalue weighted by molar-refractivity contribution is -0.120. The second kappa shape index (κ2) is 7.89. The topological polar surface area (TPSA) is 72.0 Å². The van der Waals surface area contributed by atoms with Gasteiger partial charge < -0.3 is 5.32 Å². The van der Waals surface area contributed by atoms with Crippen molar-refractivity contribution >= 4 is 22.7 Å². The molecule has 142 valence electrons. The molecule has 1 amide bonds. The number of nitrogens with zero attached hydrogens (tertiary/aromatic N) is 2. The van der Waals surface area contributed by atoms with E-state index in [0.717, 1.165) is 23.8 Å². The Balaban J connectivity index is 1.41. The van der Waals surface area contributed by atoms with Crippen molar-refractivity contribution in [1.29, 1.82) is 0 Å². The molecule has 0 spiro atoms. The van der Waals surface area contributed by atoms with E-state index < -0.39 is 0 Å². The van der Waals surface area contributed by atoms with Crippen molar-refractivity contribution in [3.8, 4) is 0 Å². The number of nitrogens with one attached hydrogen (secondary N) is 1. The Hall–Kier alpha value is -3.08. The van der Waals surface area contributed by atoms with E-state index in [1.54, 1.807) is 6.20 Å². The summed E-state index contributed by atoms with van der Waals surface area (Å²) < 4.78 is 0. The number of amides is 1. The average Bonchev–Trinajstić information content (AvgIpc) is 2.72. The first-order chi connectivity index (χ1) is 13.6. The van der Waals surface area contributed by atoms with Gasteiger partial charge in [0.15, 0.2) is 5.65 Å². The maximum absolute atomic E-state index is 12.6. The monoisotopic (exact) mass is 373 g/mol. The number of hydrogen-bond donors (Lipinski definition) is 1. The minimum atomic E-state index is -0.134. The minimum absolute atomic E-state index is 0.134. The van der Waals surface area contributed by atoms with Crippen molar-refractivity contribution in [2.45, 2.75) is 45.1 Å². The van der Waals surface area contributed by atoms with Crippen LogP contribution in [-0.4, -0.2) is 21.7 Å². The Morgan fingerprint density at radius 3 is 2.64 bits per heavy atom. The summed E-state index contributed by atoms with van der Waals surface area (Å²) >= 11 is 0. The van der Waals surface area contributed by atoms with E-state index >= 15 is 0 Å². The number of benzene rings is 1. The molecule has 1 aliphatic carbocycles. The average molecular weight is 373 g/mol. The molecule has 1 N–H and O–H groups in total. The van der Waals surface area contributed by atoms with Crippen molar-refractivity contribution in [2.75, 3.05) is 0 Å². The van der Waals surface area contributed by atoms with Gasteiger partial charge in [0.05, 0.1) is 11.3 Å². The molecule has 0 atom stereocenters. The van der Waals surface area contributed by atoms with Crippen LogP contribution in [0.5, 0.6) is 0 Å². The van der Waals surface area contributed by atoms with Crippen LogP contribution in [0.1, 0.15) is 58.8 Å². The largest absolute Gasteiger partial charge is 0.348 e. The molecule has 0 aliphatic heterocycles. The zero-order valence-corrected chi connectivity index (χ0v) is 15.9. The molecule has 2 aromatic heterocycles. The first-order valence-corrected chi connectivity index (χ1v) is 9.71. The van der Waals surface area contributed by atoms with Crippen LogP contribution in [0.2, 0.25) is 0 Å². The summed E-state index contributed by atoms with van der Waals surface area (Å²) in [4.78, 5) is 32.7. The first-order valence-electron chi connectivity index (χ1n) is 9.71. The third kappa shape index (κ3) is 3.93. The van der Waals surface area contributed by atoms with E-state index in [-0.39, 0.29) is 5.91 Å². The van der Waals surface area contributed by atoms with E-state index in [0.29, 0.717) is 48.0 Å². The second-order valence-electron chi connectivity index (χ2n) is 7.41. The Kier molecular flexibility index (Phi) is 5.15. The molecule has 1 saturated carbocycles. The van der Waals surface area contributed by atoms with Gasteiger partial charge in [0.1, 0.15) is 5.78 Å². The standard InChI is InChI=1S/C23H23N3O2/c1-15-21(13-19-3-2-12-24-22(19)26-15)23(28)25-14-16-4-6-17(7-5-16)18-8-10-20(27)11-9-18/h2-7,12-13,18H,8-11,14H2,1H3,(H,25,28). The number of Topliss-reactive ketones (excluding diaryl/α,β-unsaturated/α-hetero) is 1. The fourth-order valence-corrected chi connectivity index (χ4v) is 3.78. The third-order valence-corrected chi connectivity index (χ3v) is 5.47. The Morgan fingerprint density at radius 2 is 1.89 bits per heavy atom. The molecule has 0 saturated heterocycles. The van der Waals surface area contributed by atoms with Gasteiger partial charge in [-0.1, -0.05) is 24.3 Å². The fourth-order valence-electron chi connectivity index (χ4n) is 3.78. The summed E-state index contributed by atoms with van der Waals surface area (Å²) in [6.07, 6.45) is 4.97. The maximum Gasteiger partial charge on any atom is 0.253 e. The van der Waals surface area contributed by atoms with E-state index in [9.17, 15) is 9.59 Å². The number of hydrogen-bond acceptors (Lipinski definition) is 4. The molecule has 1 aromatic carbocycles. The van der Waals surface area contributed by atoms with Gasteiger partial charge in [0.2, 0.25) is 0 Å². The quantitative estimate of drug-likeness (QED) is 0.747. The molecule has 5 heteroatoms. The van der Waals surface area contributed by atoms with Crippen molar-refractivity contribution < 1.29 is 9.59 Å². The summed E-state index contributed by atoms with van der Waals surface area (Å²) in [7, 11) is 0. The van der Waals surface area contributed by atoms with Gasteiger partial charge in [-0.2, -0.15) is 0 Å². The van der Waals surface area contributed by atoms with E-state index in [1.165, 1.54) is 5.56 Å². The normalized spacial score (nSPS) is 15.0. The number of carbonyl (C=O) groups excluding carboxylic acids is 2. The Bertz CT molecular complexity index is 1020. The highest BCUT2D eigenvalue weighted by Gasteiger charge is 2.20. The lowest BCUT2D eigenvalue weighted by Gasteiger charge is -2.21. The van der Waals surface area contributed by atoms with Crippen molar-refractivity contribution in [2.24, 2.45) is 0 Å². The van der Waals surface area contributed by atoms with Crippen LogP contribution in [0.3, 0.4) is 0 Å². The summed E-state index contributed by atoms with van der Waals surface area (Å²) in [5.41, 5.74) is 4.23. The molecular weight excluding hydrogens is 350 g/mol. The number of aromatic nitrogens is 2. The Labute approximate surface area is 164 Å². The zero-order valence-electron chi connectivity index (χ0n) is 15.9. The molecule has 28 heavy (non-hydrogen) atoms. The molecule has 0 unspecified atom stereocenters. The van der Waals surface area contributed by atoms with E-state index in [2.05, 4.69) is 39.6 Å². The van der Waals surface area contributed by atoms with Crippen LogP contribution in [0.25, 0.3) is 11.0 Å². The fraction of sp³-hybridized carbons (Fsp3) is 0.304. The van der Waals surface area contributed by atoms with Gasteiger partial charge in [-0.25, -0.2) is 9.97 Å². The molecular formula is C23H23N3O2. The Morgan fingerprint density at radius 1 is 1.14 bits per heavy atom. The third-order valence-electron chi connectivity index (χ3n) is 5.47. The van der Waals surface area contributed by atoms with Crippen LogP contribution in [-0.2, 0) is 11.3 Å². The molecule has 5 nitrogen and oxygen atoms in total. The maximum atomic E-state index is 12.6. The highest BCUT2D eigenvalue weighted by atomic mass is 16.1. The van der Waals surface area contributed by atoms with E-state index in [4.69, 9.17) is 0 Å². The summed E-state index contributed by atoms with van der Waals surface area (Å²) in [6.45, 7) is 2.29. The summed E-state index contributed by atoms with van der Waals surface area (Å²) in [5, 5.41) is 3.84. The summed E-state index contributed by atoms with van der Waals surface area (Å²) in [5.74, 6) is 0.719. The van der Waals surface area contributed by atoms with Crippen molar-refractivity contribution in [3.05, 3.63) is 71.0 Å². The molecule has 1 fully saturated rings. The van der Waals surface area contributed by atoms with Gasteiger partial charge in [0, 0.05) is 31.0 Å². The highest BCUT2D eigenvalue weighted by Crippen LogP contribution is 2.31. The van der Waals surface area contributed by atoms with Crippen molar-refractivity contribution in [3.63, 3.8) is 0 Å². The number of aryl methyl sites for hydroxylation is 1. The predicted molar refractivity (Wildman–Crippen MR) is 108 cm³/mol. The van der Waals surface area contributed by atoms with Crippen LogP contribution < -0.4 is 5.32 Å². The smallest absolute Gasteiger partial charge is 0.253 e. The second-order valence-corrected chi connectivity index (χ2v) is 7.41. The van der Waals surface area contributed by atoms with Crippen LogP contribution in [0.15, 0.2) is 48.7 Å². The molecule has 4 rings (SSSR count). The lowest BCUT2D eigenvalue weighted by Crippen LogP contribution is -2.24. The van der Waals surface area contributed by atoms with Crippen molar-refractivity contribution in [1.82, 2.24) is 15.3 Å². The number of pyridine rings is 2. The van der Waals surface area contributed by atoms with Crippen LogP contribution in [0.4, 0.5) is 0 Å². The molecule has 2 heterocycles. The highest BCUT2D eigenvalue weighted by molar-refractivity contribution is 5.98. The van der Waals surface area contributed by atoms with Crippen LogP contribution in [0, 0.1) is 6.92 Å².